The van der Waals surface area contributed by atoms with E-state index in [0.29, 0.717) is 0 Å². The van der Waals surface area contributed by atoms with Crippen LogP contribution < -0.4 is 9.47 Å². The molecule has 0 saturated carbocycles. The second-order valence-corrected chi connectivity index (χ2v) is 5.17. The highest BCUT2D eigenvalue weighted by atomic mass is 16.5. The van der Waals surface area contributed by atoms with E-state index < -0.39 is 0 Å². The monoisotopic (exact) mass is 298 g/mol. The van der Waals surface area contributed by atoms with Gasteiger partial charge in [-0.3, -0.25) is 0 Å². The smallest absolute Gasteiger partial charge is 0.250 e. The van der Waals surface area contributed by atoms with Gasteiger partial charge in [0.25, 0.3) is 5.71 Å². The van der Waals surface area contributed by atoms with Gasteiger partial charge in [-0.1, -0.05) is 6.58 Å². The molecule has 1 aliphatic heterocycles. The van der Waals surface area contributed by atoms with Crippen LogP contribution in [0.15, 0.2) is 47.6 Å². The van der Waals surface area contributed by atoms with Crippen molar-refractivity contribution >= 4 is 5.71 Å². The lowest BCUT2D eigenvalue weighted by Crippen LogP contribution is -2.31. The SMILES string of the molecule is C=CC[N+]1=C(c2ccco2)c2cc(OC)c(OC)cc2CC1. The van der Waals surface area contributed by atoms with Crippen LogP contribution >= 0.6 is 0 Å². The first-order chi connectivity index (χ1) is 10.8. The zero-order valence-electron chi connectivity index (χ0n) is 13.0. The molecule has 114 valence electrons. The molecule has 0 spiro atoms. The van der Waals surface area contributed by atoms with Crippen molar-refractivity contribution in [2.24, 2.45) is 0 Å². The van der Waals surface area contributed by atoms with E-state index in [2.05, 4.69) is 17.2 Å². The Labute approximate surface area is 130 Å². The minimum atomic E-state index is 0.728. The number of hydrogen-bond acceptors (Lipinski definition) is 3. The molecule has 1 aromatic carbocycles. The maximum Gasteiger partial charge on any atom is 0.250 e. The summed E-state index contributed by atoms with van der Waals surface area (Å²) in [7, 11) is 3.31. The topological polar surface area (TPSA) is 34.6 Å². The predicted molar refractivity (Wildman–Crippen MR) is 85.4 cm³/mol. The maximum absolute atomic E-state index is 5.65. The number of nitrogens with zero attached hydrogens (tertiary/aromatic N) is 1. The van der Waals surface area contributed by atoms with Crippen LogP contribution in [0.3, 0.4) is 0 Å². The van der Waals surface area contributed by atoms with Gasteiger partial charge in [0.1, 0.15) is 6.54 Å². The zero-order chi connectivity index (χ0) is 15.5. The van der Waals surface area contributed by atoms with Crippen molar-refractivity contribution < 1.29 is 18.5 Å². The standard InChI is InChI=1S/C18H20NO3/c1-4-8-19-9-7-13-11-16(20-2)17(21-3)12-14(13)18(19)15-6-5-10-22-15/h4-6,10-12H,1,7-9H2,2-3H3/q+1. The lowest BCUT2D eigenvalue weighted by atomic mass is 9.94. The van der Waals surface area contributed by atoms with Gasteiger partial charge in [0.05, 0.1) is 26.0 Å². The average molecular weight is 298 g/mol. The van der Waals surface area contributed by atoms with Crippen LogP contribution in [0.1, 0.15) is 16.9 Å². The molecule has 22 heavy (non-hydrogen) atoms. The van der Waals surface area contributed by atoms with Gasteiger partial charge in [-0.2, -0.15) is 0 Å². The summed E-state index contributed by atoms with van der Waals surface area (Å²) in [6, 6.07) is 7.98. The van der Waals surface area contributed by atoms with E-state index in [9.17, 15) is 0 Å². The van der Waals surface area contributed by atoms with E-state index in [1.807, 2.05) is 24.3 Å². The van der Waals surface area contributed by atoms with Crippen LogP contribution in [0.25, 0.3) is 0 Å². The van der Waals surface area contributed by atoms with Crippen LogP contribution in [0, 0.1) is 0 Å². The molecule has 0 amide bonds. The second kappa shape index (κ2) is 6.10. The Balaban J connectivity index is 2.21. The fraction of sp³-hybridized carbons (Fsp3) is 0.278. The van der Waals surface area contributed by atoms with E-state index in [0.717, 1.165) is 48.0 Å². The normalized spacial score (nSPS) is 13.7. The van der Waals surface area contributed by atoms with E-state index in [-0.39, 0.29) is 0 Å². The van der Waals surface area contributed by atoms with E-state index in [4.69, 9.17) is 13.9 Å². The van der Waals surface area contributed by atoms with Gasteiger partial charge in [0, 0.05) is 6.42 Å². The molecule has 1 aromatic heterocycles. The molecule has 0 bridgehead atoms. The largest absolute Gasteiger partial charge is 0.493 e. The highest BCUT2D eigenvalue weighted by molar-refractivity contribution is 6.09. The average Bonchev–Trinajstić information content (AvgIpc) is 3.07. The number of fused-ring (bicyclic) bond motifs is 1. The van der Waals surface area contributed by atoms with Crippen LogP contribution in [0.2, 0.25) is 0 Å². The number of ether oxygens (including phenoxy) is 2. The van der Waals surface area contributed by atoms with E-state index in [1.54, 1.807) is 20.5 Å². The van der Waals surface area contributed by atoms with Crippen LogP contribution in [-0.2, 0) is 6.42 Å². The molecule has 0 N–H and O–H groups in total. The van der Waals surface area contributed by atoms with Crippen molar-refractivity contribution in [1.82, 2.24) is 0 Å². The summed E-state index contributed by atoms with van der Waals surface area (Å²) in [5.41, 5.74) is 3.44. The molecule has 0 radical (unpaired) electrons. The maximum atomic E-state index is 5.65. The molecule has 1 aliphatic rings. The molecule has 0 unspecified atom stereocenters. The first kappa shape index (κ1) is 14.4. The summed E-state index contributed by atoms with van der Waals surface area (Å²) in [5.74, 6) is 2.35. The quantitative estimate of drug-likeness (QED) is 0.629. The van der Waals surface area contributed by atoms with Crippen LogP contribution in [0.4, 0.5) is 0 Å². The Kier molecular flexibility index (Phi) is 4.00. The third-order valence-corrected chi connectivity index (χ3v) is 3.94. The third-order valence-electron chi connectivity index (χ3n) is 3.94. The van der Waals surface area contributed by atoms with Crippen LogP contribution in [-0.4, -0.2) is 37.6 Å². The number of methoxy groups -OCH3 is 2. The third kappa shape index (κ3) is 2.41. The summed E-state index contributed by atoms with van der Waals surface area (Å²) >= 11 is 0. The highest BCUT2D eigenvalue weighted by Gasteiger charge is 2.30. The summed E-state index contributed by atoms with van der Waals surface area (Å²) in [6.45, 7) is 5.56. The first-order valence-electron chi connectivity index (χ1n) is 7.30. The summed E-state index contributed by atoms with van der Waals surface area (Å²) in [5, 5.41) is 0. The molecule has 2 aromatic rings. The molecule has 4 nitrogen and oxygen atoms in total. The molecular formula is C18H20NO3+. The van der Waals surface area contributed by atoms with Crippen molar-refractivity contribution in [1.29, 1.82) is 0 Å². The van der Waals surface area contributed by atoms with E-state index >= 15 is 0 Å². The molecule has 0 saturated heterocycles. The van der Waals surface area contributed by atoms with Crippen molar-refractivity contribution in [3.05, 3.63) is 60.1 Å². The van der Waals surface area contributed by atoms with Crippen molar-refractivity contribution in [3.63, 3.8) is 0 Å². The zero-order valence-corrected chi connectivity index (χ0v) is 13.0. The predicted octanol–water partition coefficient (Wildman–Crippen LogP) is 2.89. The summed E-state index contributed by atoms with van der Waals surface area (Å²) in [6.07, 6.45) is 4.56. The van der Waals surface area contributed by atoms with Gasteiger partial charge in [-0.05, 0) is 35.9 Å². The molecular weight excluding hydrogens is 278 g/mol. The Morgan fingerprint density at radius 2 is 2.05 bits per heavy atom. The fourth-order valence-electron chi connectivity index (χ4n) is 2.93. The number of benzene rings is 1. The van der Waals surface area contributed by atoms with Gasteiger partial charge in [-0.25, -0.2) is 4.58 Å². The molecule has 2 heterocycles. The lowest BCUT2D eigenvalue weighted by Gasteiger charge is -2.19. The van der Waals surface area contributed by atoms with Gasteiger partial charge in [-0.15, -0.1) is 0 Å². The van der Waals surface area contributed by atoms with Gasteiger partial charge in [0.15, 0.2) is 23.8 Å². The molecule has 3 rings (SSSR count). The number of rotatable bonds is 5. The summed E-state index contributed by atoms with van der Waals surface area (Å²) < 4.78 is 18.8. The minimum Gasteiger partial charge on any atom is -0.493 e. The fourth-order valence-corrected chi connectivity index (χ4v) is 2.93. The van der Waals surface area contributed by atoms with Crippen molar-refractivity contribution in [2.45, 2.75) is 6.42 Å². The second-order valence-electron chi connectivity index (χ2n) is 5.17. The molecule has 0 aliphatic carbocycles. The first-order valence-corrected chi connectivity index (χ1v) is 7.30. The highest BCUT2D eigenvalue weighted by Crippen LogP contribution is 2.33. The summed E-state index contributed by atoms with van der Waals surface area (Å²) in [4.78, 5) is 0. The van der Waals surface area contributed by atoms with Crippen LogP contribution in [0.5, 0.6) is 11.5 Å². The molecule has 4 heteroatoms. The Hall–Kier alpha value is -2.49. The van der Waals surface area contributed by atoms with Crippen molar-refractivity contribution in [2.75, 3.05) is 27.3 Å². The Bertz CT molecular complexity index is 714. The molecule has 0 fully saturated rings. The molecule has 0 atom stereocenters. The van der Waals surface area contributed by atoms with E-state index in [1.165, 1.54) is 5.56 Å². The lowest BCUT2D eigenvalue weighted by molar-refractivity contribution is -0.518. The van der Waals surface area contributed by atoms with Gasteiger partial charge < -0.3 is 13.9 Å². The van der Waals surface area contributed by atoms with Crippen molar-refractivity contribution in [3.8, 4) is 11.5 Å². The number of hydrogen-bond donors (Lipinski definition) is 0. The van der Waals surface area contributed by atoms with Gasteiger partial charge in [0.2, 0.25) is 0 Å². The Morgan fingerprint density at radius 3 is 2.68 bits per heavy atom. The van der Waals surface area contributed by atoms with Gasteiger partial charge >= 0.3 is 0 Å². The Morgan fingerprint density at radius 1 is 1.27 bits per heavy atom. The minimum absolute atomic E-state index is 0.728. The number of furan rings is 1.